The Labute approximate surface area is 196 Å². The minimum Gasteiger partial charge on any atom is -0.342 e. The molecular formula is C27H34FN3O2. The van der Waals surface area contributed by atoms with Crippen LogP contribution in [0.15, 0.2) is 54.6 Å². The second-order valence-electron chi connectivity index (χ2n) is 9.23. The van der Waals surface area contributed by atoms with Gasteiger partial charge >= 0.3 is 0 Å². The van der Waals surface area contributed by atoms with Crippen molar-refractivity contribution in [2.24, 2.45) is 5.92 Å². The van der Waals surface area contributed by atoms with E-state index in [1.807, 2.05) is 23.1 Å². The molecule has 2 aliphatic heterocycles. The number of piperidine rings is 2. The van der Waals surface area contributed by atoms with Crippen LogP contribution in [0.2, 0.25) is 0 Å². The highest BCUT2D eigenvalue weighted by atomic mass is 19.1. The first-order valence-corrected chi connectivity index (χ1v) is 12.2. The summed E-state index contributed by atoms with van der Waals surface area (Å²) >= 11 is 0. The Morgan fingerprint density at radius 2 is 1.58 bits per heavy atom. The maximum atomic E-state index is 13.1. The zero-order valence-corrected chi connectivity index (χ0v) is 19.4. The van der Waals surface area contributed by atoms with Gasteiger partial charge in [0.05, 0.1) is 5.92 Å². The summed E-state index contributed by atoms with van der Waals surface area (Å²) in [4.78, 5) is 30.3. The van der Waals surface area contributed by atoms with Crippen molar-refractivity contribution in [1.29, 1.82) is 0 Å². The van der Waals surface area contributed by atoms with E-state index in [2.05, 4.69) is 29.3 Å². The zero-order valence-electron chi connectivity index (χ0n) is 19.4. The van der Waals surface area contributed by atoms with Crippen LogP contribution < -0.4 is 5.32 Å². The predicted molar refractivity (Wildman–Crippen MR) is 128 cm³/mol. The minimum atomic E-state index is -0.306. The Bertz CT molecular complexity index is 918. The van der Waals surface area contributed by atoms with Crippen LogP contribution in [0.3, 0.4) is 0 Å². The summed E-state index contributed by atoms with van der Waals surface area (Å²) in [5.74, 6) is -0.104. The highest BCUT2D eigenvalue weighted by Crippen LogP contribution is 2.28. The summed E-state index contributed by atoms with van der Waals surface area (Å²) in [5, 5.41) is 2.91. The van der Waals surface area contributed by atoms with Gasteiger partial charge in [0.25, 0.3) is 0 Å². The van der Waals surface area contributed by atoms with Gasteiger partial charge in [-0.25, -0.2) is 4.39 Å². The van der Waals surface area contributed by atoms with Gasteiger partial charge in [0.15, 0.2) is 0 Å². The van der Waals surface area contributed by atoms with Crippen LogP contribution in [-0.4, -0.2) is 53.8 Å². The number of anilines is 1. The molecule has 0 aromatic heterocycles. The molecule has 2 heterocycles. The molecule has 0 spiro atoms. The topological polar surface area (TPSA) is 52.7 Å². The maximum Gasteiger partial charge on any atom is 0.230 e. The number of amides is 2. The van der Waals surface area contributed by atoms with Crippen molar-refractivity contribution >= 4 is 17.5 Å². The van der Waals surface area contributed by atoms with Crippen molar-refractivity contribution in [3.05, 3.63) is 66.0 Å². The summed E-state index contributed by atoms with van der Waals surface area (Å²) in [7, 11) is 0. The standard InChI is InChI=1S/C27H34FN3O2/c1-2-25(20-6-4-3-5-7-20)27(33)31-18-14-24(15-19-31)30-16-12-21(13-17-30)26(32)29-23-10-8-22(28)9-11-23/h3-11,21,24-25H,2,12-19H2,1H3,(H,29,32). The number of carbonyl (C=O) groups excluding carboxylic acids is 2. The number of hydrogen-bond acceptors (Lipinski definition) is 3. The fraction of sp³-hybridized carbons (Fsp3) is 0.481. The van der Waals surface area contributed by atoms with Gasteiger partial charge in [-0.1, -0.05) is 37.3 Å². The molecule has 1 atom stereocenters. The van der Waals surface area contributed by atoms with Gasteiger partial charge in [-0.2, -0.15) is 0 Å². The number of hydrogen-bond donors (Lipinski definition) is 1. The summed E-state index contributed by atoms with van der Waals surface area (Å²) in [6.45, 7) is 5.50. The summed E-state index contributed by atoms with van der Waals surface area (Å²) in [6, 6.07) is 16.5. The van der Waals surface area contributed by atoms with E-state index in [0.717, 1.165) is 63.8 Å². The van der Waals surface area contributed by atoms with Crippen LogP contribution in [0.5, 0.6) is 0 Å². The van der Waals surface area contributed by atoms with E-state index < -0.39 is 0 Å². The normalized spacial score (nSPS) is 19.3. The number of halogens is 1. The lowest BCUT2D eigenvalue weighted by molar-refractivity contribution is -0.134. The van der Waals surface area contributed by atoms with Gasteiger partial charge in [-0.05, 0) is 75.0 Å². The maximum absolute atomic E-state index is 13.1. The summed E-state index contributed by atoms with van der Waals surface area (Å²) in [6.07, 6.45) is 4.46. The lowest BCUT2D eigenvalue weighted by atomic mass is 9.91. The van der Waals surface area contributed by atoms with Crippen molar-refractivity contribution in [2.75, 3.05) is 31.5 Å². The first kappa shape index (κ1) is 23.4. The van der Waals surface area contributed by atoms with Gasteiger partial charge in [0.1, 0.15) is 5.82 Å². The van der Waals surface area contributed by atoms with Gasteiger partial charge in [0, 0.05) is 30.7 Å². The molecule has 1 unspecified atom stereocenters. The van der Waals surface area contributed by atoms with Gasteiger partial charge in [-0.15, -0.1) is 0 Å². The van der Waals surface area contributed by atoms with Crippen molar-refractivity contribution in [3.8, 4) is 0 Å². The third-order valence-electron chi connectivity index (χ3n) is 7.21. The molecule has 2 saturated heterocycles. The van der Waals surface area contributed by atoms with Crippen molar-refractivity contribution in [3.63, 3.8) is 0 Å². The van der Waals surface area contributed by atoms with Crippen molar-refractivity contribution in [2.45, 2.75) is 51.0 Å². The van der Waals surface area contributed by atoms with E-state index in [1.165, 1.54) is 12.1 Å². The Hall–Kier alpha value is -2.73. The number of carbonyl (C=O) groups is 2. The van der Waals surface area contributed by atoms with E-state index in [-0.39, 0.29) is 29.5 Å². The molecule has 0 bridgehead atoms. The van der Waals surface area contributed by atoms with Crippen molar-refractivity contribution in [1.82, 2.24) is 9.80 Å². The molecule has 0 aliphatic carbocycles. The molecule has 2 aromatic carbocycles. The fourth-order valence-corrected chi connectivity index (χ4v) is 5.21. The smallest absolute Gasteiger partial charge is 0.230 e. The molecule has 1 N–H and O–H groups in total. The Kier molecular flexibility index (Phi) is 7.76. The molecule has 6 heteroatoms. The van der Waals surface area contributed by atoms with E-state index >= 15 is 0 Å². The first-order valence-electron chi connectivity index (χ1n) is 12.2. The van der Waals surface area contributed by atoms with Crippen LogP contribution >= 0.6 is 0 Å². The van der Waals surface area contributed by atoms with E-state index in [9.17, 15) is 14.0 Å². The van der Waals surface area contributed by atoms with E-state index in [4.69, 9.17) is 0 Å². The first-order chi connectivity index (χ1) is 16.0. The quantitative estimate of drug-likeness (QED) is 0.695. The van der Waals surface area contributed by atoms with E-state index in [0.29, 0.717) is 11.7 Å². The highest BCUT2D eigenvalue weighted by Gasteiger charge is 2.33. The van der Waals surface area contributed by atoms with Crippen LogP contribution in [0.25, 0.3) is 0 Å². The number of benzene rings is 2. The summed E-state index contributed by atoms with van der Waals surface area (Å²) in [5.41, 5.74) is 1.75. The van der Waals surface area contributed by atoms with Gasteiger partial charge < -0.3 is 15.1 Å². The van der Waals surface area contributed by atoms with Crippen molar-refractivity contribution < 1.29 is 14.0 Å². The number of rotatable bonds is 6. The second-order valence-corrected chi connectivity index (χ2v) is 9.23. The predicted octanol–water partition coefficient (Wildman–Crippen LogP) is 4.66. The Balaban J connectivity index is 1.23. The summed E-state index contributed by atoms with van der Waals surface area (Å²) < 4.78 is 13.1. The largest absolute Gasteiger partial charge is 0.342 e. The molecular weight excluding hydrogens is 417 g/mol. The lowest BCUT2D eigenvalue weighted by Crippen LogP contribution is -2.50. The molecule has 0 saturated carbocycles. The average molecular weight is 452 g/mol. The monoisotopic (exact) mass is 451 g/mol. The zero-order chi connectivity index (χ0) is 23.2. The molecule has 5 nitrogen and oxygen atoms in total. The third kappa shape index (κ3) is 5.80. The second kappa shape index (κ2) is 10.9. The average Bonchev–Trinajstić information content (AvgIpc) is 2.86. The molecule has 0 radical (unpaired) electrons. The molecule has 2 aromatic rings. The molecule has 2 amide bonds. The van der Waals surface area contributed by atoms with Gasteiger partial charge in [-0.3, -0.25) is 9.59 Å². The molecule has 2 fully saturated rings. The number of nitrogens with one attached hydrogen (secondary N) is 1. The number of nitrogens with zero attached hydrogens (tertiary/aromatic N) is 2. The molecule has 33 heavy (non-hydrogen) atoms. The van der Waals surface area contributed by atoms with Crippen LogP contribution in [-0.2, 0) is 9.59 Å². The SMILES string of the molecule is CCC(C(=O)N1CCC(N2CCC(C(=O)Nc3ccc(F)cc3)CC2)CC1)c1ccccc1. The van der Waals surface area contributed by atoms with Crippen LogP contribution in [0.4, 0.5) is 10.1 Å². The van der Waals surface area contributed by atoms with E-state index in [1.54, 1.807) is 12.1 Å². The highest BCUT2D eigenvalue weighted by molar-refractivity contribution is 5.92. The number of likely N-dealkylation sites (tertiary alicyclic amines) is 2. The van der Waals surface area contributed by atoms with Gasteiger partial charge in [0.2, 0.25) is 11.8 Å². The minimum absolute atomic E-state index is 0.0100. The van der Waals surface area contributed by atoms with Crippen LogP contribution in [0.1, 0.15) is 50.5 Å². The Morgan fingerprint density at radius 3 is 2.18 bits per heavy atom. The lowest BCUT2D eigenvalue weighted by Gasteiger charge is -2.42. The third-order valence-corrected chi connectivity index (χ3v) is 7.21. The molecule has 2 aliphatic rings. The Morgan fingerprint density at radius 1 is 0.939 bits per heavy atom. The molecule has 176 valence electrons. The molecule has 4 rings (SSSR count). The fourth-order valence-electron chi connectivity index (χ4n) is 5.21. The van der Waals surface area contributed by atoms with Crippen LogP contribution in [0, 0.1) is 11.7 Å².